The highest BCUT2D eigenvalue weighted by molar-refractivity contribution is 6.30. The van der Waals surface area contributed by atoms with Crippen LogP contribution in [-0.4, -0.2) is 5.78 Å². The van der Waals surface area contributed by atoms with E-state index in [1.165, 1.54) is 0 Å². The van der Waals surface area contributed by atoms with E-state index in [0.29, 0.717) is 22.1 Å². The molecule has 0 saturated heterocycles. The Kier molecular flexibility index (Phi) is 2.49. The van der Waals surface area contributed by atoms with Crippen LogP contribution in [0, 0.1) is 0 Å². The van der Waals surface area contributed by atoms with Gasteiger partial charge >= 0.3 is 0 Å². The maximum Gasteiger partial charge on any atom is 0.159 e. The first-order chi connectivity index (χ1) is 8.63. The molecule has 0 atom stereocenters. The summed E-state index contributed by atoms with van der Waals surface area (Å²) in [5, 5.41) is 3.85. The van der Waals surface area contributed by atoms with Crippen molar-refractivity contribution >= 4 is 28.8 Å². The predicted octanol–water partition coefficient (Wildman–Crippen LogP) is 4.39. The highest BCUT2D eigenvalue weighted by atomic mass is 35.5. The Morgan fingerprint density at radius 3 is 2.72 bits per heavy atom. The van der Waals surface area contributed by atoms with Crippen molar-refractivity contribution in [2.24, 2.45) is 0 Å². The number of hydrogen-bond donors (Lipinski definition) is 1. The zero-order valence-electron chi connectivity index (χ0n) is 9.66. The van der Waals surface area contributed by atoms with Gasteiger partial charge < -0.3 is 10.1 Å². The van der Waals surface area contributed by atoms with Gasteiger partial charge in [0.2, 0.25) is 0 Å². The molecule has 3 nitrogen and oxygen atoms in total. The molecule has 1 aliphatic rings. The molecule has 1 aliphatic heterocycles. The summed E-state index contributed by atoms with van der Waals surface area (Å²) in [6, 6.07) is 10.7. The maximum atomic E-state index is 11.3. The summed E-state index contributed by atoms with van der Waals surface area (Å²) in [5.41, 5.74) is 2.28. The number of benzene rings is 2. The summed E-state index contributed by atoms with van der Waals surface area (Å²) in [5.74, 6) is 1.40. The van der Waals surface area contributed by atoms with Crippen LogP contribution in [0.5, 0.6) is 11.5 Å². The molecule has 0 radical (unpaired) electrons. The highest BCUT2D eigenvalue weighted by Crippen LogP contribution is 2.43. The predicted molar refractivity (Wildman–Crippen MR) is 71.3 cm³/mol. The van der Waals surface area contributed by atoms with Crippen molar-refractivity contribution in [3.63, 3.8) is 0 Å². The first kappa shape index (κ1) is 11.1. The van der Waals surface area contributed by atoms with Gasteiger partial charge in [-0.1, -0.05) is 11.6 Å². The number of rotatable bonds is 1. The molecule has 0 amide bonds. The minimum atomic E-state index is 0.0292. The van der Waals surface area contributed by atoms with E-state index in [4.69, 9.17) is 16.3 Å². The number of hydrogen-bond acceptors (Lipinski definition) is 3. The van der Waals surface area contributed by atoms with Crippen molar-refractivity contribution in [2.45, 2.75) is 6.92 Å². The first-order valence-corrected chi connectivity index (χ1v) is 5.91. The fraction of sp³-hybridized carbons (Fsp3) is 0.0714. The molecule has 18 heavy (non-hydrogen) atoms. The Balaban J connectivity index is 2.05. The summed E-state index contributed by atoms with van der Waals surface area (Å²) in [6.07, 6.45) is 0. The SMILES string of the molecule is CC(=O)c1ccc2c(c1)Nc1ccc(Cl)cc1O2. The van der Waals surface area contributed by atoms with E-state index in [1.54, 1.807) is 37.3 Å². The van der Waals surface area contributed by atoms with E-state index >= 15 is 0 Å². The van der Waals surface area contributed by atoms with E-state index < -0.39 is 0 Å². The molecule has 0 unspecified atom stereocenters. The summed E-state index contributed by atoms with van der Waals surface area (Å²) in [4.78, 5) is 11.3. The number of fused-ring (bicyclic) bond motifs is 2. The lowest BCUT2D eigenvalue weighted by Gasteiger charge is -2.22. The van der Waals surface area contributed by atoms with Crippen LogP contribution in [0.1, 0.15) is 17.3 Å². The lowest BCUT2D eigenvalue weighted by atomic mass is 10.1. The zero-order valence-corrected chi connectivity index (χ0v) is 10.4. The molecule has 1 heterocycles. The minimum Gasteiger partial charge on any atom is -0.453 e. The van der Waals surface area contributed by atoms with E-state index in [0.717, 1.165) is 11.4 Å². The quantitative estimate of drug-likeness (QED) is 0.659. The van der Waals surface area contributed by atoms with Crippen molar-refractivity contribution < 1.29 is 9.53 Å². The van der Waals surface area contributed by atoms with Crippen molar-refractivity contribution in [1.29, 1.82) is 0 Å². The molecular weight excluding hydrogens is 250 g/mol. The van der Waals surface area contributed by atoms with Crippen molar-refractivity contribution in [3.8, 4) is 11.5 Å². The molecule has 0 bridgehead atoms. The van der Waals surface area contributed by atoms with E-state index in [2.05, 4.69) is 5.32 Å². The minimum absolute atomic E-state index is 0.0292. The number of carbonyl (C=O) groups is 1. The van der Waals surface area contributed by atoms with Gasteiger partial charge in [-0.3, -0.25) is 4.79 Å². The van der Waals surface area contributed by atoms with Gasteiger partial charge in [0.15, 0.2) is 17.3 Å². The van der Waals surface area contributed by atoms with Gasteiger partial charge in [0.1, 0.15) is 0 Å². The molecule has 0 spiro atoms. The van der Waals surface area contributed by atoms with Gasteiger partial charge in [0.05, 0.1) is 11.4 Å². The van der Waals surface area contributed by atoms with Gasteiger partial charge in [0, 0.05) is 16.7 Å². The lowest BCUT2D eigenvalue weighted by molar-refractivity contribution is 0.101. The number of carbonyl (C=O) groups excluding carboxylic acids is 1. The second-order valence-electron chi connectivity index (χ2n) is 4.13. The third kappa shape index (κ3) is 1.83. The number of nitrogens with one attached hydrogen (secondary N) is 1. The highest BCUT2D eigenvalue weighted by Gasteiger charge is 2.17. The van der Waals surface area contributed by atoms with Crippen LogP contribution >= 0.6 is 11.6 Å². The fourth-order valence-corrected chi connectivity index (χ4v) is 2.05. The number of anilines is 2. The lowest BCUT2D eigenvalue weighted by Crippen LogP contribution is -2.04. The fourth-order valence-electron chi connectivity index (χ4n) is 1.88. The molecule has 90 valence electrons. The molecule has 4 heteroatoms. The Morgan fingerprint density at radius 1 is 1.11 bits per heavy atom. The van der Waals surface area contributed by atoms with Crippen molar-refractivity contribution in [3.05, 3.63) is 47.0 Å². The standard InChI is InChI=1S/C14H10ClNO2/c1-8(17)9-2-5-13-12(6-9)16-11-4-3-10(15)7-14(11)18-13/h2-7,16H,1H3. The summed E-state index contributed by atoms with van der Waals surface area (Å²) in [6.45, 7) is 1.54. The van der Waals surface area contributed by atoms with E-state index in [1.807, 2.05) is 6.07 Å². The summed E-state index contributed by atoms with van der Waals surface area (Å²) in [7, 11) is 0. The largest absolute Gasteiger partial charge is 0.453 e. The van der Waals surface area contributed by atoms with Gasteiger partial charge in [-0.05, 0) is 37.3 Å². The molecule has 0 aromatic heterocycles. The Hall–Kier alpha value is -2.00. The number of ketones is 1. The van der Waals surface area contributed by atoms with Crippen LogP contribution in [0.25, 0.3) is 0 Å². The number of Topliss-reactive ketones (excluding diaryl/α,β-unsaturated/α-hetero) is 1. The Labute approximate surface area is 109 Å². The number of halogens is 1. The van der Waals surface area contributed by atoms with Crippen LogP contribution in [0.3, 0.4) is 0 Å². The molecule has 0 fully saturated rings. The maximum absolute atomic E-state index is 11.3. The average Bonchev–Trinajstić information content (AvgIpc) is 2.35. The van der Waals surface area contributed by atoms with Crippen LogP contribution in [0.4, 0.5) is 11.4 Å². The second kappa shape index (κ2) is 4.03. The van der Waals surface area contributed by atoms with Gasteiger partial charge in [0.25, 0.3) is 0 Å². The number of ether oxygens (including phenoxy) is 1. The molecule has 3 rings (SSSR count). The van der Waals surface area contributed by atoms with E-state index in [-0.39, 0.29) is 5.78 Å². The second-order valence-corrected chi connectivity index (χ2v) is 4.57. The van der Waals surface area contributed by atoms with Crippen LogP contribution < -0.4 is 10.1 Å². The third-order valence-electron chi connectivity index (χ3n) is 2.82. The van der Waals surface area contributed by atoms with Crippen LogP contribution in [-0.2, 0) is 0 Å². The molecule has 0 aliphatic carbocycles. The third-order valence-corrected chi connectivity index (χ3v) is 3.05. The van der Waals surface area contributed by atoms with Gasteiger partial charge in [-0.15, -0.1) is 0 Å². The summed E-state index contributed by atoms with van der Waals surface area (Å²) < 4.78 is 5.73. The molecule has 2 aromatic carbocycles. The average molecular weight is 260 g/mol. The normalized spacial score (nSPS) is 11.9. The Morgan fingerprint density at radius 2 is 1.94 bits per heavy atom. The Bertz CT molecular complexity index is 652. The van der Waals surface area contributed by atoms with Crippen LogP contribution in [0.2, 0.25) is 5.02 Å². The summed E-state index contributed by atoms with van der Waals surface area (Å²) >= 11 is 5.92. The topological polar surface area (TPSA) is 38.3 Å². The smallest absolute Gasteiger partial charge is 0.159 e. The van der Waals surface area contributed by atoms with Crippen LogP contribution in [0.15, 0.2) is 36.4 Å². The van der Waals surface area contributed by atoms with E-state index in [9.17, 15) is 4.79 Å². The first-order valence-electron chi connectivity index (χ1n) is 5.53. The molecular formula is C14H10ClNO2. The van der Waals surface area contributed by atoms with Crippen molar-refractivity contribution in [2.75, 3.05) is 5.32 Å². The van der Waals surface area contributed by atoms with Crippen molar-refractivity contribution in [1.82, 2.24) is 0 Å². The monoisotopic (exact) mass is 259 g/mol. The molecule has 1 N–H and O–H groups in total. The molecule has 0 saturated carbocycles. The zero-order chi connectivity index (χ0) is 12.7. The molecule has 2 aromatic rings. The van der Waals surface area contributed by atoms with Gasteiger partial charge in [-0.2, -0.15) is 0 Å². The van der Waals surface area contributed by atoms with Gasteiger partial charge in [-0.25, -0.2) is 0 Å².